The zero-order valence-corrected chi connectivity index (χ0v) is 9.40. The lowest BCUT2D eigenvalue weighted by molar-refractivity contribution is -0.141. The summed E-state index contributed by atoms with van der Waals surface area (Å²) in [5.41, 5.74) is 5.00. The second kappa shape index (κ2) is 5.40. The Kier molecular flexibility index (Phi) is 4.43. The Morgan fingerprint density at radius 3 is 2.62 bits per heavy atom. The molecule has 3 nitrogen and oxygen atoms in total. The molecule has 1 aromatic heterocycles. The van der Waals surface area contributed by atoms with Crippen molar-refractivity contribution >= 4 is 28.7 Å². The summed E-state index contributed by atoms with van der Waals surface area (Å²) in [6.07, 6.45) is -3.26. The summed E-state index contributed by atoms with van der Waals surface area (Å²) in [7, 11) is 0. The van der Waals surface area contributed by atoms with Gasteiger partial charge in [0.1, 0.15) is 5.69 Å². The second-order valence-corrected chi connectivity index (χ2v) is 3.93. The van der Waals surface area contributed by atoms with Gasteiger partial charge in [-0.1, -0.05) is 17.8 Å². The van der Waals surface area contributed by atoms with Crippen LogP contribution in [0, 0.1) is 0 Å². The van der Waals surface area contributed by atoms with Gasteiger partial charge in [-0.05, 0) is 11.6 Å². The van der Waals surface area contributed by atoms with E-state index in [2.05, 4.69) is 9.50 Å². The molecule has 0 spiro atoms. The van der Waals surface area contributed by atoms with Crippen molar-refractivity contribution in [3.05, 3.63) is 29.6 Å². The normalized spacial score (nSPS) is 12.9. The molecular formula is C8H7ClF3N3S. The van der Waals surface area contributed by atoms with E-state index in [0.29, 0.717) is 11.3 Å². The monoisotopic (exact) mass is 269 g/mol. The number of pyridine rings is 1. The Morgan fingerprint density at radius 1 is 1.50 bits per heavy atom. The third kappa shape index (κ3) is 3.90. The zero-order chi connectivity index (χ0) is 12.2. The highest BCUT2D eigenvalue weighted by atomic mass is 35.5. The van der Waals surface area contributed by atoms with E-state index in [0.717, 1.165) is 24.0 Å². The number of alkyl halides is 3. The Labute approximate surface area is 99.0 Å². The van der Waals surface area contributed by atoms with Crippen LogP contribution < -0.4 is 5.73 Å². The van der Waals surface area contributed by atoms with Gasteiger partial charge in [-0.3, -0.25) is 4.98 Å². The SMILES string of the molecule is NC(=NCl)SCc1ccc(C(F)(F)F)nc1. The Bertz CT molecular complexity index is 377. The molecule has 0 aliphatic carbocycles. The third-order valence-corrected chi connectivity index (χ3v) is 2.73. The summed E-state index contributed by atoms with van der Waals surface area (Å²) < 4.78 is 39.7. The highest BCUT2D eigenvalue weighted by molar-refractivity contribution is 8.13. The van der Waals surface area contributed by atoms with Crippen molar-refractivity contribution < 1.29 is 13.2 Å². The molecule has 0 saturated carbocycles. The zero-order valence-electron chi connectivity index (χ0n) is 7.83. The first-order valence-electron chi connectivity index (χ1n) is 4.03. The molecular weight excluding hydrogens is 263 g/mol. The fourth-order valence-electron chi connectivity index (χ4n) is 0.859. The molecule has 0 aromatic carbocycles. The molecule has 8 heteroatoms. The lowest BCUT2D eigenvalue weighted by Crippen LogP contribution is -2.08. The molecule has 0 fully saturated rings. The quantitative estimate of drug-likeness (QED) is 0.663. The van der Waals surface area contributed by atoms with E-state index in [4.69, 9.17) is 17.5 Å². The maximum Gasteiger partial charge on any atom is 0.433 e. The minimum atomic E-state index is -4.41. The van der Waals surface area contributed by atoms with Gasteiger partial charge in [-0.15, -0.1) is 0 Å². The number of nitrogens with zero attached hydrogens (tertiary/aromatic N) is 2. The van der Waals surface area contributed by atoms with Crippen LogP contribution >= 0.6 is 23.5 Å². The predicted molar refractivity (Wildman–Crippen MR) is 58.0 cm³/mol. The van der Waals surface area contributed by atoms with Crippen molar-refractivity contribution in [1.82, 2.24) is 4.98 Å². The van der Waals surface area contributed by atoms with Crippen LogP contribution in [0.5, 0.6) is 0 Å². The molecule has 0 aliphatic heterocycles. The van der Waals surface area contributed by atoms with Gasteiger partial charge in [-0.25, -0.2) is 0 Å². The molecule has 0 radical (unpaired) electrons. The number of hydrogen-bond acceptors (Lipinski definition) is 3. The fraction of sp³-hybridized carbons (Fsp3) is 0.250. The largest absolute Gasteiger partial charge is 0.433 e. The van der Waals surface area contributed by atoms with E-state index in [-0.39, 0.29) is 5.17 Å². The Balaban J connectivity index is 2.65. The van der Waals surface area contributed by atoms with Crippen molar-refractivity contribution in [2.45, 2.75) is 11.9 Å². The van der Waals surface area contributed by atoms with Crippen LogP contribution in [0.4, 0.5) is 13.2 Å². The van der Waals surface area contributed by atoms with Crippen LogP contribution in [0.3, 0.4) is 0 Å². The van der Waals surface area contributed by atoms with E-state index < -0.39 is 11.9 Å². The molecule has 1 aromatic rings. The Hall–Kier alpha value is -0.950. The molecule has 0 amide bonds. The average Bonchev–Trinajstić information content (AvgIpc) is 2.25. The highest BCUT2D eigenvalue weighted by Crippen LogP contribution is 2.27. The van der Waals surface area contributed by atoms with Crippen LogP contribution in [-0.4, -0.2) is 10.2 Å². The van der Waals surface area contributed by atoms with Crippen molar-refractivity contribution in [3.8, 4) is 0 Å². The topological polar surface area (TPSA) is 51.3 Å². The predicted octanol–water partition coefficient (Wildman–Crippen LogP) is 2.80. The maximum absolute atomic E-state index is 12.2. The highest BCUT2D eigenvalue weighted by Gasteiger charge is 2.31. The van der Waals surface area contributed by atoms with Crippen molar-refractivity contribution in [3.63, 3.8) is 0 Å². The van der Waals surface area contributed by atoms with Gasteiger partial charge in [-0.2, -0.15) is 17.7 Å². The first kappa shape index (κ1) is 13.1. The maximum atomic E-state index is 12.2. The average molecular weight is 270 g/mol. The van der Waals surface area contributed by atoms with E-state index in [9.17, 15) is 13.2 Å². The summed E-state index contributed by atoms with van der Waals surface area (Å²) in [6, 6.07) is 2.26. The summed E-state index contributed by atoms with van der Waals surface area (Å²) in [5.74, 6) is 0.368. The number of aromatic nitrogens is 1. The van der Waals surface area contributed by atoms with E-state index in [1.165, 1.54) is 6.07 Å². The van der Waals surface area contributed by atoms with Crippen molar-refractivity contribution in [2.75, 3.05) is 0 Å². The van der Waals surface area contributed by atoms with E-state index in [1.807, 2.05) is 0 Å². The van der Waals surface area contributed by atoms with Crippen molar-refractivity contribution in [2.24, 2.45) is 10.2 Å². The van der Waals surface area contributed by atoms with Gasteiger partial charge in [0.25, 0.3) is 0 Å². The number of nitrogens with two attached hydrogens (primary N) is 1. The standard InChI is InChI=1S/C8H7ClF3N3S/c9-15-7(13)16-4-5-1-2-6(14-3-5)8(10,11)12/h1-3H,4H2,(H2,13,15). The lowest BCUT2D eigenvalue weighted by Gasteiger charge is -2.06. The van der Waals surface area contributed by atoms with Gasteiger partial charge < -0.3 is 5.73 Å². The van der Waals surface area contributed by atoms with Gasteiger partial charge in [0.05, 0.1) is 0 Å². The second-order valence-electron chi connectivity index (χ2n) is 2.76. The van der Waals surface area contributed by atoms with E-state index in [1.54, 1.807) is 0 Å². The van der Waals surface area contributed by atoms with Crippen LogP contribution in [-0.2, 0) is 11.9 Å². The van der Waals surface area contributed by atoms with Gasteiger partial charge in [0, 0.05) is 23.7 Å². The van der Waals surface area contributed by atoms with Crippen LogP contribution in [0.15, 0.2) is 22.8 Å². The first-order chi connectivity index (χ1) is 7.43. The number of thioether (sulfide) groups is 1. The van der Waals surface area contributed by atoms with Crippen molar-refractivity contribution in [1.29, 1.82) is 0 Å². The molecule has 0 saturated heterocycles. The molecule has 2 N–H and O–H groups in total. The molecule has 0 bridgehead atoms. The minimum Gasteiger partial charge on any atom is -0.377 e. The summed E-state index contributed by atoms with van der Waals surface area (Å²) in [5, 5.41) is 0.154. The van der Waals surface area contributed by atoms with E-state index >= 15 is 0 Å². The fourth-order valence-corrected chi connectivity index (χ4v) is 1.54. The number of hydrogen-bond donors (Lipinski definition) is 1. The number of halogens is 4. The Morgan fingerprint density at radius 2 is 2.19 bits per heavy atom. The molecule has 0 aliphatic rings. The van der Waals surface area contributed by atoms with Gasteiger partial charge >= 0.3 is 6.18 Å². The number of rotatable bonds is 2. The first-order valence-corrected chi connectivity index (χ1v) is 5.35. The smallest absolute Gasteiger partial charge is 0.377 e. The molecule has 1 heterocycles. The number of amidine groups is 1. The minimum absolute atomic E-state index is 0.154. The summed E-state index contributed by atoms with van der Waals surface area (Å²) >= 11 is 6.20. The molecule has 16 heavy (non-hydrogen) atoms. The summed E-state index contributed by atoms with van der Waals surface area (Å²) in [6.45, 7) is 0. The van der Waals surface area contributed by atoms with Crippen LogP contribution in [0.1, 0.15) is 11.3 Å². The molecule has 1 rings (SSSR count). The molecule has 88 valence electrons. The summed E-state index contributed by atoms with van der Waals surface area (Å²) in [4.78, 5) is 3.30. The van der Waals surface area contributed by atoms with Gasteiger partial charge in [0.2, 0.25) is 0 Å². The molecule has 0 unspecified atom stereocenters. The lowest BCUT2D eigenvalue weighted by atomic mass is 10.3. The van der Waals surface area contributed by atoms with Crippen LogP contribution in [0.2, 0.25) is 0 Å². The third-order valence-electron chi connectivity index (χ3n) is 1.59. The van der Waals surface area contributed by atoms with Gasteiger partial charge in [0.15, 0.2) is 5.17 Å². The molecule has 0 atom stereocenters. The van der Waals surface area contributed by atoms with Crippen LogP contribution in [0.25, 0.3) is 0 Å².